The van der Waals surface area contributed by atoms with E-state index in [1.165, 1.54) is 6.20 Å². The lowest BCUT2D eigenvalue weighted by atomic mass is 9.97. The SMILES string of the molecule is NC(=O)C1CCCN(c2nc(C(=O)NCc3cc(Cl)cc(Cl)c3)c(O)c3ncccc23)C1. The number of piperidine rings is 1. The number of benzene rings is 1. The van der Waals surface area contributed by atoms with Crippen LogP contribution in [0.15, 0.2) is 36.5 Å². The summed E-state index contributed by atoms with van der Waals surface area (Å²) in [4.78, 5) is 35.3. The number of fused-ring (bicyclic) bond motifs is 1. The number of pyridine rings is 2. The molecule has 2 amide bonds. The van der Waals surface area contributed by atoms with Crippen molar-refractivity contribution in [2.24, 2.45) is 11.7 Å². The molecule has 166 valence electrons. The average molecular weight is 474 g/mol. The zero-order chi connectivity index (χ0) is 22.8. The maximum atomic E-state index is 12.9. The second kappa shape index (κ2) is 9.18. The van der Waals surface area contributed by atoms with Gasteiger partial charge in [-0.25, -0.2) is 4.98 Å². The Bertz CT molecular complexity index is 1180. The van der Waals surface area contributed by atoms with Crippen molar-refractivity contribution < 1.29 is 14.7 Å². The van der Waals surface area contributed by atoms with Gasteiger partial charge in [-0.15, -0.1) is 0 Å². The summed E-state index contributed by atoms with van der Waals surface area (Å²) >= 11 is 12.0. The second-order valence-electron chi connectivity index (χ2n) is 7.68. The summed E-state index contributed by atoms with van der Waals surface area (Å²) < 4.78 is 0. The van der Waals surface area contributed by atoms with Crippen LogP contribution in [0.25, 0.3) is 10.9 Å². The molecule has 32 heavy (non-hydrogen) atoms. The summed E-state index contributed by atoms with van der Waals surface area (Å²) in [6.07, 6.45) is 2.99. The van der Waals surface area contributed by atoms with E-state index in [9.17, 15) is 14.7 Å². The number of carbonyl (C=O) groups is 2. The van der Waals surface area contributed by atoms with Gasteiger partial charge in [0.1, 0.15) is 11.3 Å². The van der Waals surface area contributed by atoms with Crippen molar-refractivity contribution in [3.05, 3.63) is 57.8 Å². The molecule has 1 aliphatic heterocycles. The van der Waals surface area contributed by atoms with Crippen molar-refractivity contribution in [1.29, 1.82) is 0 Å². The third-order valence-electron chi connectivity index (χ3n) is 5.43. The largest absolute Gasteiger partial charge is 0.504 e. The maximum absolute atomic E-state index is 12.9. The number of amides is 2. The lowest BCUT2D eigenvalue weighted by Gasteiger charge is -2.33. The number of nitrogens with two attached hydrogens (primary N) is 1. The van der Waals surface area contributed by atoms with Crippen molar-refractivity contribution in [3.8, 4) is 5.75 Å². The number of nitrogens with zero attached hydrogens (tertiary/aromatic N) is 3. The quantitative estimate of drug-likeness (QED) is 0.522. The molecule has 1 fully saturated rings. The maximum Gasteiger partial charge on any atom is 0.274 e. The van der Waals surface area contributed by atoms with Crippen LogP contribution in [0.2, 0.25) is 10.0 Å². The number of aromatic nitrogens is 2. The summed E-state index contributed by atoms with van der Waals surface area (Å²) in [5.41, 5.74) is 6.33. The van der Waals surface area contributed by atoms with Crippen LogP contribution in [0.1, 0.15) is 28.9 Å². The Labute approximate surface area is 194 Å². The number of nitrogens with one attached hydrogen (secondary N) is 1. The van der Waals surface area contributed by atoms with E-state index in [1.54, 1.807) is 30.3 Å². The lowest BCUT2D eigenvalue weighted by molar-refractivity contribution is -0.122. The first kappa shape index (κ1) is 22.1. The summed E-state index contributed by atoms with van der Waals surface area (Å²) in [6.45, 7) is 1.18. The summed E-state index contributed by atoms with van der Waals surface area (Å²) in [5, 5.41) is 15.0. The Morgan fingerprint density at radius 1 is 1.25 bits per heavy atom. The number of halogens is 2. The first-order valence-corrected chi connectivity index (χ1v) is 10.8. The van der Waals surface area contributed by atoms with E-state index in [1.807, 2.05) is 4.90 Å². The Hall–Kier alpha value is -3.10. The van der Waals surface area contributed by atoms with Gasteiger partial charge in [0, 0.05) is 41.3 Å². The topological polar surface area (TPSA) is 121 Å². The van der Waals surface area contributed by atoms with Crippen LogP contribution in [-0.2, 0) is 11.3 Å². The average Bonchev–Trinajstić information content (AvgIpc) is 2.77. The zero-order valence-corrected chi connectivity index (χ0v) is 18.5. The molecule has 1 saturated heterocycles. The molecular formula is C22H21Cl2N5O3. The molecule has 1 aliphatic rings. The van der Waals surface area contributed by atoms with E-state index < -0.39 is 5.91 Å². The minimum Gasteiger partial charge on any atom is -0.504 e. The van der Waals surface area contributed by atoms with E-state index in [-0.39, 0.29) is 35.3 Å². The van der Waals surface area contributed by atoms with E-state index in [2.05, 4.69) is 15.3 Å². The molecule has 0 spiro atoms. The van der Waals surface area contributed by atoms with Crippen LogP contribution in [-0.4, -0.2) is 40.0 Å². The Morgan fingerprint density at radius 3 is 2.72 bits per heavy atom. The van der Waals surface area contributed by atoms with Gasteiger partial charge in [-0.1, -0.05) is 23.2 Å². The molecular weight excluding hydrogens is 453 g/mol. The highest BCUT2D eigenvalue weighted by atomic mass is 35.5. The van der Waals surface area contributed by atoms with Crippen LogP contribution >= 0.6 is 23.2 Å². The van der Waals surface area contributed by atoms with Gasteiger partial charge in [-0.2, -0.15) is 0 Å². The molecule has 0 radical (unpaired) electrons. The van der Waals surface area contributed by atoms with Crippen LogP contribution in [0, 0.1) is 5.92 Å². The first-order valence-electron chi connectivity index (χ1n) is 10.1. The predicted octanol–water partition coefficient (Wildman–Crippen LogP) is 3.27. The summed E-state index contributed by atoms with van der Waals surface area (Å²) in [5.74, 6) is -1.08. The molecule has 4 N–H and O–H groups in total. The number of anilines is 1. The fourth-order valence-corrected chi connectivity index (χ4v) is 4.46. The standard InChI is InChI=1S/C22H21Cl2N5O3/c23-14-7-12(8-15(24)9-14)10-27-22(32)18-19(30)17-16(4-1-5-26-17)21(28-18)29-6-2-3-13(11-29)20(25)31/h1,4-5,7-9,13,30H,2-3,6,10-11H2,(H2,25,31)(H,27,32). The minimum absolute atomic E-state index is 0.142. The van der Waals surface area contributed by atoms with E-state index in [0.29, 0.717) is 46.3 Å². The highest BCUT2D eigenvalue weighted by Crippen LogP contribution is 2.34. The molecule has 8 nitrogen and oxygen atoms in total. The molecule has 0 aliphatic carbocycles. The van der Waals surface area contributed by atoms with Gasteiger partial charge < -0.3 is 21.1 Å². The number of rotatable bonds is 5. The van der Waals surface area contributed by atoms with E-state index in [0.717, 1.165) is 6.42 Å². The van der Waals surface area contributed by atoms with Crippen LogP contribution in [0.4, 0.5) is 5.82 Å². The second-order valence-corrected chi connectivity index (χ2v) is 8.55. The number of aromatic hydroxyl groups is 1. The van der Waals surface area contributed by atoms with E-state index in [4.69, 9.17) is 28.9 Å². The Morgan fingerprint density at radius 2 is 2.00 bits per heavy atom. The highest BCUT2D eigenvalue weighted by molar-refractivity contribution is 6.34. The summed E-state index contributed by atoms with van der Waals surface area (Å²) in [6, 6.07) is 8.47. The minimum atomic E-state index is -0.573. The zero-order valence-electron chi connectivity index (χ0n) is 17.0. The number of primary amides is 1. The Kier molecular flexibility index (Phi) is 6.34. The first-order chi connectivity index (χ1) is 15.3. The number of hydrogen-bond acceptors (Lipinski definition) is 6. The van der Waals surface area contributed by atoms with Crippen molar-refractivity contribution >= 4 is 51.7 Å². The van der Waals surface area contributed by atoms with Crippen molar-refractivity contribution in [2.45, 2.75) is 19.4 Å². The normalized spacial score (nSPS) is 16.2. The van der Waals surface area contributed by atoms with Gasteiger partial charge in [0.2, 0.25) is 5.91 Å². The monoisotopic (exact) mass is 473 g/mol. The van der Waals surface area contributed by atoms with Crippen molar-refractivity contribution in [3.63, 3.8) is 0 Å². The van der Waals surface area contributed by atoms with Gasteiger partial charge in [-0.05, 0) is 48.7 Å². The molecule has 3 heterocycles. The van der Waals surface area contributed by atoms with Crippen LogP contribution < -0.4 is 16.0 Å². The van der Waals surface area contributed by atoms with Gasteiger partial charge in [0.05, 0.1) is 5.92 Å². The summed E-state index contributed by atoms with van der Waals surface area (Å²) in [7, 11) is 0. The number of hydrogen-bond donors (Lipinski definition) is 3. The third-order valence-corrected chi connectivity index (χ3v) is 5.87. The Balaban J connectivity index is 1.67. The van der Waals surface area contributed by atoms with Gasteiger partial charge >= 0.3 is 0 Å². The lowest BCUT2D eigenvalue weighted by Crippen LogP contribution is -2.41. The predicted molar refractivity (Wildman–Crippen MR) is 123 cm³/mol. The number of carbonyl (C=O) groups excluding carboxylic acids is 2. The molecule has 2 aromatic heterocycles. The highest BCUT2D eigenvalue weighted by Gasteiger charge is 2.28. The smallest absolute Gasteiger partial charge is 0.274 e. The molecule has 4 rings (SSSR count). The fraction of sp³-hybridized carbons (Fsp3) is 0.273. The van der Waals surface area contributed by atoms with E-state index >= 15 is 0 Å². The molecule has 1 atom stereocenters. The molecule has 10 heteroatoms. The molecule has 3 aromatic rings. The van der Waals surface area contributed by atoms with Crippen LogP contribution in [0.5, 0.6) is 5.75 Å². The van der Waals surface area contributed by atoms with Crippen molar-refractivity contribution in [2.75, 3.05) is 18.0 Å². The van der Waals surface area contributed by atoms with Crippen LogP contribution in [0.3, 0.4) is 0 Å². The fourth-order valence-electron chi connectivity index (χ4n) is 3.89. The third kappa shape index (κ3) is 4.56. The van der Waals surface area contributed by atoms with Crippen molar-refractivity contribution in [1.82, 2.24) is 15.3 Å². The van der Waals surface area contributed by atoms with Gasteiger partial charge in [0.25, 0.3) is 5.91 Å². The molecule has 1 aromatic carbocycles. The van der Waals surface area contributed by atoms with Gasteiger partial charge in [-0.3, -0.25) is 14.6 Å². The molecule has 0 bridgehead atoms. The van der Waals surface area contributed by atoms with Gasteiger partial charge in [0.15, 0.2) is 11.4 Å². The molecule has 1 unspecified atom stereocenters. The molecule has 0 saturated carbocycles.